The molecule has 2 aliphatic heterocycles. The van der Waals surface area contributed by atoms with Gasteiger partial charge in [-0.05, 0) is 62.1 Å². The largest absolute Gasteiger partial charge is 0.496 e. The third kappa shape index (κ3) is 5.15. The third-order valence-electron chi connectivity index (χ3n) is 8.43. The molecular weight excluding hydrogens is 470 g/mol. The number of amides is 3. The van der Waals surface area contributed by atoms with E-state index in [0.29, 0.717) is 49.2 Å². The number of nitriles is 1. The Labute approximate surface area is 216 Å². The lowest BCUT2D eigenvalue weighted by molar-refractivity contribution is -0.130. The van der Waals surface area contributed by atoms with E-state index in [2.05, 4.69) is 21.7 Å². The van der Waals surface area contributed by atoms with Crippen molar-refractivity contribution in [3.8, 4) is 11.8 Å². The van der Waals surface area contributed by atoms with Gasteiger partial charge in [0.25, 0.3) is 5.91 Å². The summed E-state index contributed by atoms with van der Waals surface area (Å²) in [4.78, 5) is 44.5. The molecular formula is C28H35N5O4. The fourth-order valence-electron chi connectivity index (χ4n) is 6.43. The van der Waals surface area contributed by atoms with E-state index in [9.17, 15) is 19.6 Å². The summed E-state index contributed by atoms with van der Waals surface area (Å²) in [7, 11) is 1.60. The van der Waals surface area contributed by atoms with Crippen LogP contribution < -0.4 is 15.4 Å². The van der Waals surface area contributed by atoms with Gasteiger partial charge in [0.1, 0.15) is 23.5 Å². The van der Waals surface area contributed by atoms with Gasteiger partial charge in [-0.1, -0.05) is 25.3 Å². The third-order valence-corrected chi connectivity index (χ3v) is 8.43. The van der Waals surface area contributed by atoms with Crippen molar-refractivity contribution in [2.45, 2.75) is 63.5 Å². The molecule has 0 radical (unpaired) electrons. The highest BCUT2D eigenvalue weighted by Crippen LogP contribution is 2.39. The number of likely N-dealkylation sites (tertiary alicyclic amines) is 1. The van der Waals surface area contributed by atoms with Crippen LogP contribution >= 0.6 is 0 Å². The molecule has 3 heterocycles. The van der Waals surface area contributed by atoms with Gasteiger partial charge in [0.2, 0.25) is 11.8 Å². The Bertz CT molecular complexity index is 1220. The van der Waals surface area contributed by atoms with Crippen LogP contribution in [-0.4, -0.2) is 59.9 Å². The van der Waals surface area contributed by atoms with Crippen molar-refractivity contribution < 1.29 is 19.1 Å². The average Bonchev–Trinajstić information content (AvgIpc) is 3.37. The van der Waals surface area contributed by atoms with Gasteiger partial charge in [0.15, 0.2) is 0 Å². The maximum Gasteiger partial charge on any atom is 0.270 e. The molecule has 5 atom stereocenters. The quantitative estimate of drug-likeness (QED) is 0.556. The van der Waals surface area contributed by atoms with Crippen LogP contribution in [0, 0.1) is 29.1 Å². The first kappa shape index (κ1) is 25.1. The lowest BCUT2D eigenvalue weighted by Crippen LogP contribution is -2.58. The molecule has 5 unspecified atom stereocenters. The van der Waals surface area contributed by atoms with Gasteiger partial charge < -0.3 is 25.3 Å². The van der Waals surface area contributed by atoms with Gasteiger partial charge in [-0.15, -0.1) is 0 Å². The number of ether oxygens (including phenoxy) is 1. The molecule has 2 saturated heterocycles. The Morgan fingerprint density at radius 3 is 2.78 bits per heavy atom. The molecule has 1 saturated carbocycles. The number of hydrogen-bond donors (Lipinski definition) is 3. The van der Waals surface area contributed by atoms with E-state index in [-0.39, 0.29) is 30.1 Å². The highest BCUT2D eigenvalue weighted by molar-refractivity contribution is 6.01. The lowest BCUT2D eigenvalue weighted by Gasteiger charge is -2.45. The van der Waals surface area contributed by atoms with Crippen LogP contribution in [0.2, 0.25) is 0 Å². The summed E-state index contributed by atoms with van der Waals surface area (Å²) < 4.78 is 5.45. The average molecular weight is 506 g/mol. The van der Waals surface area contributed by atoms with Crippen molar-refractivity contribution in [3.05, 3.63) is 30.0 Å². The van der Waals surface area contributed by atoms with Crippen molar-refractivity contribution in [1.29, 1.82) is 5.26 Å². The number of nitrogens with zero attached hydrogens (tertiary/aromatic N) is 2. The number of carbonyl (C=O) groups is 3. The number of benzene rings is 1. The molecule has 0 bridgehead atoms. The molecule has 9 heteroatoms. The lowest BCUT2D eigenvalue weighted by atomic mass is 9.72. The van der Waals surface area contributed by atoms with E-state index < -0.39 is 12.1 Å². The highest BCUT2D eigenvalue weighted by Gasteiger charge is 2.43. The Morgan fingerprint density at radius 2 is 2.03 bits per heavy atom. The van der Waals surface area contributed by atoms with Crippen LogP contribution in [0.1, 0.15) is 61.9 Å². The van der Waals surface area contributed by atoms with E-state index >= 15 is 0 Å². The number of carbonyl (C=O) groups excluding carboxylic acids is 3. The standard InChI is InChI=1S/C28H35N5O4/c1-37-25-10-4-9-22-21(25)14-23(32-22)28(36)33-16-19-7-3-2-6-17(19)13-24(33)27(35)31-20(15-29)12-18-8-5-11-30-26(18)34/h4,9-10,14,17-20,24,32H,2-3,5-8,11-13,16H2,1H3,(H,30,34)(H,31,35). The van der Waals surface area contributed by atoms with Gasteiger partial charge in [-0.25, -0.2) is 0 Å². The number of aromatic nitrogens is 1. The maximum atomic E-state index is 13.8. The summed E-state index contributed by atoms with van der Waals surface area (Å²) >= 11 is 0. The molecule has 3 fully saturated rings. The zero-order valence-corrected chi connectivity index (χ0v) is 21.3. The zero-order valence-electron chi connectivity index (χ0n) is 21.3. The second kappa shape index (κ2) is 10.8. The van der Waals surface area contributed by atoms with Crippen LogP contribution in [0.25, 0.3) is 10.9 Å². The van der Waals surface area contributed by atoms with Crippen LogP contribution in [0.15, 0.2) is 24.3 Å². The summed E-state index contributed by atoms with van der Waals surface area (Å²) in [5.74, 6) is 0.564. The normalized spacial score (nSPS) is 26.5. The minimum absolute atomic E-state index is 0.0606. The number of hydrogen-bond acceptors (Lipinski definition) is 5. The van der Waals surface area contributed by atoms with Crippen LogP contribution in [0.3, 0.4) is 0 Å². The second-order valence-electron chi connectivity index (χ2n) is 10.7. The molecule has 1 aliphatic carbocycles. The van der Waals surface area contributed by atoms with Crippen molar-refractivity contribution in [1.82, 2.24) is 20.5 Å². The van der Waals surface area contributed by atoms with Gasteiger partial charge in [0, 0.05) is 29.9 Å². The molecule has 3 aliphatic rings. The minimum atomic E-state index is -0.778. The predicted octanol–water partition coefficient (Wildman–Crippen LogP) is 3.12. The van der Waals surface area contributed by atoms with Crippen molar-refractivity contribution in [3.63, 3.8) is 0 Å². The Morgan fingerprint density at radius 1 is 1.22 bits per heavy atom. The monoisotopic (exact) mass is 505 g/mol. The number of H-pyrrole nitrogens is 1. The van der Waals surface area contributed by atoms with Crippen molar-refractivity contribution >= 4 is 28.6 Å². The maximum absolute atomic E-state index is 13.8. The number of piperidine rings is 2. The van der Waals surface area contributed by atoms with E-state index in [1.165, 1.54) is 0 Å². The van der Waals surface area contributed by atoms with E-state index in [1.54, 1.807) is 18.1 Å². The molecule has 1 aromatic heterocycles. The fourth-order valence-corrected chi connectivity index (χ4v) is 6.43. The SMILES string of the molecule is COc1cccc2[nH]c(C(=O)N3CC4CCCCC4CC3C(=O)NC(C#N)CC3CCCNC3=O)cc12. The predicted molar refractivity (Wildman–Crippen MR) is 138 cm³/mol. The summed E-state index contributed by atoms with van der Waals surface area (Å²) in [5, 5.41) is 16.3. The van der Waals surface area contributed by atoms with Crippen molar-refractivity contribution in [2.75, 3.05) is 20.2 Å². The number of fused-ring (bicyclic) bond motifs is 2. The molecule has 3 N–H and O–H groups in total. The number of aromatic amines is 1. The highest BCUT2D eigenvalue weighted by atomic mass is 16.5. The summed E-state index contributed by atoms with van der Waals surface area (Å²) in [6.45, 7) is 1.18. The molecule has 9 nitrogen and oxygen atoms in total. The fraction of sp³-hybridized carbons (Fsp3) is 0.571. The van der Waals surface area contributed by atoms with Crippen LogP contribution in [0.4, 0.5) is 0 Å². The number of rotatable bonds is 6. The molecule has 5 rings (SSSR count). The van der Waals surface area contributed by atoms with Crippen LogP contribution in [0.5, 0.6) is 5.75 Å². The molecule has 1 aromatic carbocycles. The van der Waals surface area contributed by atoms with Crippen molar-refractivity contribution in [2.24, 2.45) is 17.8 Å². The Hall–Kier alpha value is -3.54. The topological polar surface area (TPSA) is 127 Å². The van der Waals surface area contributed by atoms with Gasteiger partial charge in [-0.2, -0.15) is 5.26 Å². The molecule has 3 amide bonds. The summed E-state index contributed by atoms with van der Waals surface area (Å²) in [5.41, 5.74) is 1.22. The first-order chi connectivity index (χ1) is 18.0. The van der Waals surface area contributed by atoms with E-state index in [1.807, 2.05) is 18.2 Å². The summed E-state index contributed by atoms with van der Waals surface area (Å²) in [6, 6.07) is 8.13. The van der Waals surface area contributed by atoms with Gasteiger partial charge in [0.05, 0.1) is 13.2 Å². The number of methoxy groups -OCH3 is 1. The van der Waals surface area contributed by atoms with E-state index in [0.717, 1.165) is 43.0 Å². The molecule has 196 valence electrons. The van der Waals surface area contributed by atoms with E-state index in [4.69, 9.17) is 4.74 Å². The zero-order chi connectivity index (χ0) is 25.9. The first-order valence-electron chi connectivity index (χ1n) is 13.4. The minimum Gasteiger partial charge on any atom is -0.496 e. The van der Waals surface area contributed by atoms with Crippen LogP contribution in [-0.2, 0) is 9.59 Å². The smallest absolute Gasteiger partial charge is 0.270 e. The van der Waals surface area contributed by atoms with Gasteiger partial charge in [-0.3, -0.25) is 14.4 Å². The Balaban J connectivity index is 1.37. The molecule has 0 spiro atoms. The molecule has 37 heavy (non-hydrogen) atoms. The number of nitrogens with one attached hydrogen (secondary N) is 3. The van der Waals surface area contributed by atoms with Gasteiger partial charge >= 0.3 is 0 Å². The second-order valence-corrected chi connectivity index (χ2v) is 10.7. The summed E-state index contributed by atoms with van der Waals surface area (Å²) in [6.07, 6.45) is 6.85. The molecule has 2 aromatic rings. The Kier molecular flexibility index (Phi) is 7.36. The first-order valence-corrected chi connectivity index (χ1v) is 13.4.